The second kappa shape index (κ2) is 16.3. The lowest BCUT2D eigenvalue weighted by molar-refractivity contribution is -0.140. The Morgan fingerprint density at radius 3 is 2.08 bits per heavy atom. The fraction of sp³-hybridized carbons (Fsp3) is 0.636. The molecule has 0 saturated heterocycles. The number of ether oxygens (including phenoxy) is 1. The first-order valence-electron chi connectivity index (χ1n) is 15.1. The molecule has 0 bridgehead atoms. The summed E-state index contributed by atoms with van der Waals surface area (Å²) < 4.78 is 5.71. The van der Waals surface area contributed by atoms with Crippen molar-refractivity contribution in [1.29, 1.82) is 5.26 Å². The molecule has 1 aliphatic carbocycles. The Hall–Kier alpha value is -2.74. The number of aromatic nitrogens is 2. The molecule has 0 amide bonds. The van der Waals surface area contributed by atoms with E-state index in [-0.39, 0.29) is 17.3 Å². The van der Waals surface area contributed by atoms with Crippen LogP contribution in [-0.2, 0) is 11.2 Å². The number of nitriles is 1. The quantitative estimate of drug-likeness (QED) is 0.126. The van der Waals surface area contributed by atoms with Crippen LogP contribution in [0.3, 0.4) is 0 Å². The van der Waals surface area contributed by atoms with Gasteiger partial charge in [0.25, 0.3) is 0 Å². The summed E-state index contributed by atoms with van der Waals surface area (Å²) in [6.45, 7) is 4.46. The number of unbranched alkanes of at least 4 members (excludes halogenated alkanes) is 9. The first-order valence-corrected chi connectivity index (χ1v) is 15.1. The van der Waals surface area contributed by atoms with Gasteiger partial charge in [-0.25, -0.2) is 9.97 Å². The number of benzene rings is 1. The van der Waals surface area contributed by atoms with Gasteiger partial charge in [0.2, 0.25) is 0 Å². The van der Waals surface area contributed by atoms with E-state index in [1.165, 1.54) is 69.8 Å². The van der Waals surface area contributed by atoms with E-state index in [2.05, 4.69) is 29.9 Å². The highest BCUT2D eigenvalue weighted by Crippen LogP contribution is 2.42. The predicted molar refractivity (Wildman–Crippen MR) is 154 cm³/mol. The van der Waals surface area contributed by atoms with Crippen LogP contribution in [0.2, 0.25) is 0 Å². The molecule has 3 rings (SSSR count). The summed E-state index contributed by atoms with van der Waals surface area (Å²) in [6, 6.07) is 10.1. The standard InChI is InChI=1S/C33H47N3O2/c1-3-5-7-9-10-12-14-27-24-35-31(36-25-27)28-15-17-30(18-16-28)38-32(37)29-19-22-33(26-34,23-20-29)21-13-11-8-6-4-2/h15-18,24-25,29H,3-14,19-23H2,1-2H3. The lowest BCUT2D eigenvalue weighted by Crippen LogP contribution is -2.31. The van der Waals surface area contributed by atoms with Crippen LogP contribution >= 0.6 is 0 Å². The average Bonchev–Trinajstić information content (AvgIpc) is 2.96. The number of aryl methyl sites for hydroxylation is 1. The summed E-state index contributed by atoms with van der Waals surface area (Å²) in [5, 5.41) is 9.84. The van der Waals surface area contributed by atoms with Crippen LogP contribution in [0.1, 0.15) is 122 Å². The Balaban J connectivity index is 1.42. The second-order valence-corrected chi connectivity index (χ2v) is 11.2. The Morgan fingerprint density at radius 2 is 1.47 bits per heavy atom. The average molecular weight is 518 g/mol. The monoisotopic (exact) mass is 517 g/mol. The van der Waals surface area contributed by atoms with Crippen LogP contribution in [0, 0.1) is 22.7 Å². The number of hydrogen-bond donors (Lipinski definition) is 0. The molecule has 1 aromatic carbocycles. The Labute approximate surface area is 230 Å². The van der Waals surface area contributed by atoms with Gasteiger partial charge in [-0.2, -0.15) is 5.26 Å². The molecule has 0 spiro atoms. The third-order valence-electron chi connectivity index (χ3n) is 8.13. The lowest BCUT2D eigenvalue weighted by atomic mass is 9.69. The van der Waals surface area contributed by atoms with Crippen molar-refractivity contribution in [3.05, 3.63) is 42.2 Å². The summed E-state index contributed by atoms with van der Waals surface area (Å²) in [4.78, 5) is 21.9. The molecule has 2 aromatic rings. The van der Waals surface area contributed by atoms with Crippen molar-refractivity contribution in [2.75, 3.05) is 0 Å². The highest BCUT2D eigenvalue weighted by atomic mass is 16.5. The molecule has 0 aliphatic heterocycles. The van der Waals surface area contributed by atoms with Crippen LogP contribution in [0.4, 0.5) is 0 Å². The minimum Gasteiger partial charge on any atom is -0.426 e. The number of esters is 1. The molecule has 206 valence electrons. The molecule has 0 atom stereocenters. The third kappa shape index (κ3) is 9.53. The van der Waals surface area contributed by atoms with E-state index in [1.807, 2.05) is 36.7 Å². The Bertz CT molecular complexity index is 986. The van der Waals surface area contributed by atoms with E-state index in [0.717, 1.165) is 50.5 Å². The summed E-state index contributed by atoms with van der Waals surface area (Å²) >= 11 is 0. The Morgan fingerprint density at radius 1 is 0.895 bits per heavy atom. The summed E-state index contributed by atoms with van der Waals surface area (Å²) in [7, 11) is 0. The molecule has 0 unspecified atom stereocenters. The molecule has 1 aliphatic rings. The normalized spacial score (nSPS) is 19.1. The zero-order valence-electron chi connectivity index (χ0n) is 23.7. The Kier molecular flexibility index (Phi) is 12.8. The predicted octanol–water partition coefficient (Wildman–Crippen LogP) is 9.01. The van der Waals surface area contributed by atoms with Gasteiger partial charge in [0.1, 0.15) is 5.75 Å². The van der Waals surface area contributed by atoms with Gasteiger partial charge in [0, 0.05) is 18.0 Å². The van der Waals surface area contributed by atoms with Crippen molar-refractivity contribution < 1.29 is 9.53 Å². The van der Waals surface area contributed by atoms with Crippen LogP contribution in [-0.4, -0.2) is 15.9 Å². The van der Waals surface area contributed by atoms with Gasteiger partial charge >= 0.3 is 5.97 Å². The van der Waals surface area contributed by atoms with E-state index in [0.29, 0.717) is 11.6 Å². The van der Waals surface area contributed by atoms with Crippen molar-refractivity contribution in [2.24, 2.45) is 11.3 Å². The van der Waals surface area contributed by atoms with E-state index in [9.17, 15) is 10.1 Å². The van der Waals surface area contributed by atoms with Crippen molar-refractivity contribution >= 4 is 5.97 Å². The molecule has 1 aromatic heterocycles. The fourth-order valence-electron chi connectivity index (χ4n) is 5.50. The number of carbonyl (C=O) groups is 1. The maximum Gasteiger partial charge on any atom is 0.314 e. The fourth-order valence-corrected chi connectivity index (χ4v) is 5.50. The van der Waals surface area contributed by atoms with Gasteiger partial charge in [0.15, 0.2) is 5.82 Å². The SMILES string of the molecule is CCCCCCCCc1cnc(-c2ccc(OC(=O)C3CCC(C#N)(CCCCCCC)CC3)cc2)nc1. The number of rotatable bonds is 16. The minimum atomic E-state index is -0.255. The van der Waals surface area contributed by atoms with Gasteiger partial charge in [-0.3, -0.25) is 4.79 Å². The molecule has 1 heterocycles. The van der Waals surface area contributed by atoms with Crippen molar-refractivity contribution in [2.45, 2.75) is 123 Å². The third-order valence-corrected chi connectivity index (χ3v) is 8.13. The van der Waals surface area contributed by atoms with E-state index in [1.54, 1.807) is 0 Å². The molecular weight excluding hydrogens is 470 g/mol. The maximum absolute atomic E-state index is 12.8. The van der Waals surface area contributed by atoms with Crippen LogP contribution in [0.15, 0.2) is 36.7 Å². The zero-order valence-corrected chi connectivity index (χ0v) is 23.7. The van der Waals surface area contributed by atoms with Crippen LogP contribution < -0.4 is 4.74 Å². The molecule has 1 saturated carbocycles. The highest BCUT2D eigenvalue weighted by molar-refractivity contribution is 5.75. The highest BCUT2D eigenvalue weighted by Gasteiger charge is 2.37. The number of nitrogens with zero attached hydrogens (tertiary/aromatic N) is 3. The summed E-state index contributed by atoms with van der Waals surface area (Å²) in [5.41, 5.74) is 1.83. The molecular formula is C33H47N3O2. The molecule has 5 nitrogen and oxygen atoms in total. The number of hydrogen-bond acceptors (Lipinski definition) is 5. The van der Waals surface area contributed by atoms with Crippen molar-refractivity contribution in [3.8, 4) is 23.2 Å². The molecule has 0 N–H and O–H groups in total. The molecule has 1 fully saturated rings. The first-order chi connectivity index (χ1) is 18.6. The van der Waals surface area contributed by atoms with Gasteiger partial charge in [-0.1, -0.05) is 78.1 Å². The summed E-state index contributed by atoms with van der Waals surface area (Å²) in [6.07, 6.45) is 22.7. The lowest BCUT2D eigenvalue weighted by Gasteiger charge is -2.34. The zero-order chi connectivity index (χ0) is 27.1. The minimum absolute atomic E-state index is 0.126. The molecule has 5 heteroatoms. The first kappa shape index (κ1) is 29.8. The molecule has 38 heavy (non-hydrogen) atoms. The van der Waals surface area contributed by atoms with Gasteiger partial charge in [0.05, 0.1) is 17.4 Å². The molecule has 0 radical (unpaired) electrons. The van der Waals surface area contributed by atoms with Crippen LogP contribution in [0.5, 0.6) is 5.75 Å². The summed E-state index contributed by atoms with van der Waals surface area (Å²) in [5.74, 6) is 0.928. The van der Waals surface area contributed by atoms with Gasteiger partial charge in [-0.05, 0) is 74.8 Å². The maximum atomic E-state index is 12.8. The van der Waals surface area contributed by atoms with E-state index in [4.69, 9.17) is 4.74 Å². The van der Waals surface area contributed by atoms with E-state index < -0.39 is 0 Å². The topological polar surface area (TPSA) is 75.9 Å². The largest absolute Gasteiger partial charge is 0.426 e. The van der Waals surface area contributed by atoms with Gasteiger partial charge in [-0.15, -0.1) is 0 Å². The van der Waals surface area contributed by atoms with Crippen molar-refractivity contribution in [1.82, 2.24) is 9.97 Å². The van der Waals surface area contributed by atoms with Crippen molar-refractivity contribution in [3.63, 3.8) is 0 Å². The van der Waals surface area contributed by atoms with Crippen LogP contribution in [0.25, 0.3) is 11.4 Å². The van der Waals surface area contributed by atoms with E-state index >= 15 is 0 Å². The number of carbonyl (C=O) groups excluding carboxylic acids is 1. The van der Waals surface area contributed by atoms with Gasteiger partial charge < -0.3 is 4.74 Å². The second-order valence-electron chi connectivity index (χ2n) is 11.2. The smallest absolute Gasteiger partial charge is 0.314 e.